The van der Waals surface area contributed by atoms with E-state index in [1.54, 1.807) is 6.20 Å². The minimum Gasteiger partial charge on any atom is -0.380 e. The molecule has 0 spiro atoms. The molecule has 5 heteroatoms. The van der Waals surface area contributed by atoms with E-state index >= 15 is 0 Å². The predicted molar refractivity (Wildman–Crippen MR) is 65.9 cm³/mol. The Morgan fingerprint density at radius 1 is 1.59 bits per heavy atom. The van der Waals surface area contributed by atoms with E-state index in [1.807, 2.05) is 13.8 Å². The van der Waals surface area contributed by atoms with Crippen LogP contribution in [0, 0.1) is 12.8 Å². The molecule has 0 bridgehead atoms. The van der Waals surface area contributed by atoms with E-state index < -0.39 is 0 Å². The van der Waals surface area contributed by atoms with Gasteiger partial charge < -0.3 is 10.1 Å². The van der Waals surface area contributed by atoms with Crippen LogP contribution in [-0.4, -0.2) is 35.4 Å². The first-order valence-electron chi connectivity index (χ1n) is 5.94. The Kier molecular flexibility index (Phi) is 5.15. The second-order valence-electron chi connectivity index (χ2n) is 4.39. The van der Waals surface area contributed by atoms with Crippen LogP contribution in [0.4, 0.5) is 0 Å². The number of hydrogen-bond donors (Lipinski definition) is 2. The minimum atomic E-state index is -0.102. The predicted octanol–water partition coefficient (Wildman–Crippen LogP) is 1.51. The standard InChI is InChI=1S/C12H21N3O2/c1-5-17-7-11(8(2)3)14-12(16)10-6-13-15-9(10)4/h6,8,11H,5,7H2,1-4H3,(H,13,15)(H,14,16). The molecule has 0 saturated heterocycles. The zero-order valence-electron chi connectivity index (χ0n) is 10.9. The highest BCUT2D eigenvalue weighted by Gasteiger charge is 2.19. The van der Waals surface area contributed by atoms with E-state index in [-0.39, 0.29) is 11.9 Å². The third-order valence-electron chi connectivity index (χ3n) is 2.70. The number of ether oxygens (including phenoxy) is 1. The van der Waals surface area contributed by atoms with Gasteiger partial charge in [-0.25, -0.2) is 0 Å². The molecular weight excluding hydrogens is 218 g/mol. The number of aromatic nitrogens is 2. The number of carbonyl (C=O) groups excluding carboxylic acids is 1. The number of nitrogens with zero attached hydrogens (tertiary/aromatic N) is 1. The number of hydrogen-bond acceptors (Lipinski definition) is 3. The number of aryl methyl sites for hydroxylation is 1. The molecule has 0 saturated carbocycles. The van der Waals surface area contributed by atoms with Crippen LogP contribution in [0.1, 0.15) is 36.8 Å². The topological polar surface area (TPSA) is 67.0 Å². The fraction of sp³-hybridized carbons (Fsp3) is 0.667. The van der Waals surface area contributed by atoms with Gasteiger partial charge in [0.25, 0.3) is 5.91 Å². The molecule has 17 heavy (non-hydrogen) atoms. The summed E-state index contributed by atoms with van der Waals surface area (Å²) in [6, 6.07) is 0.0248. The van der Waals surface area contributed by atoms with E-state index in [1.165, 1.54) is 0 Å². The Hall–Kier alpha value is -1.36. The molecule has 0 fully saturated rings. The maximum atomic E-state index is 12.0. The van der Waals surface area contributed by atoms with E-state index in [9.17, 15) is 4.79 Å². The average molecular weight is 239 g/mol. The normalized spacial score (nSPS) is 12.8. The molecule has 1 unspecified atom stereocenters. The third kappa shape index (κ3) is 3.85. The van der Waals surface area contributed by atoms with Gasteiger partial charge in [0.1, 0.15) is 0 Å². The van der Waals surface area contributed by atoms with Gasteiger partial charge in [0.2, 0.25) is 0 Å². The van der Waals surface area contributed by atoms with Crippen LogP contribution in [-0.2, 0) is 4.74 Å². The summed E-state index contributed by atoms with van der Waals surface area (Å²) in [5.74, 6) is 0.229. The summed E-state index contributed by atoms with van der Waals surface area (Å²) in [6.07, 6.45) is 1.54. The molecule has 1 aromatic heterocycles. The summed E-state index contributed by atoms with van der Waals surface area (Å²) in [6.45, 7) is 9.09. The number of H-pyrrole nitrogens is 1. The Balaban J connectivity index is 2.61. The largest absolute Gasteiger partial charge is 0.380 e. The van der Waals surface area contributed by atoms with Gasteiger partial charge in [0, 0.05) is 12.3 Å². The zero-order chi connectivity index (χ0) is 12.8. The van der Waals surface area contributed by atoms with Crippen molar-refractivity contribution in [2.75, 3.05) is 13.2 Å². The summed E-state index contributed by atoms with van der Waals surface area (Å²) >= 11 is 0. The number of carbonyl (C=O) groups is 1. The molecule has 5 nitrogen and oxygen atoms in total. The van der Waals surface area contributed by atoms with Crippen molar-refractivity contribution in [3.05, 3.63) is 17.5 Å². The van der Waals surface area contributed by atoms with Crippen molar-refractivity contribution in [1.29, 1.82) is 0 Å². The molecule has 96 valence electrons. The molecule has 1 atom stereocenters. The lowest BCUT2D eigenvalue weighted by atomic mass is 10.0. The first-order chi connectivity index (χ1) is 8.06. The molecule has 1 rings (SSSR count). The van der Waals surface area contributed by atoms with Gasteiger partial charge in [-0.2, -0.15) is 5.10 Å². The van der Waals surface area contributed by atoms with Crippen LogP contribution >= 0.6 is 0 Å². The number of rotatable bonds is 6. The molecule has 1 amide bonds. The van der Waals surface area contributed by atoms with Crippen LogP contribution in [0.5, 0.6) is 0 Å². The summed E-state index contributed by atoms with van der Waals surface area (Å²) in [5, 5.41) is 9.56. The van der Waals surface area contributed by atoms with Gasteiger partial charge in [0.15, 0.2) is 0 Å². The summed E-state index contributed by atoms with van der Waals surface area (Å²) < 4.78 is 5.37. The fourth-order valence-corrected chi connectivity index (χ4v) is 1.47. The Bertz CT molecular complexity index is 360. The van der Waals surface area contributed by atoms with Gasteiger partial charge >= 0.3 is 0 Å². The lowest BCUT2D eigenvalue weighted by molar-refractivity contribution is 0.0805. The Morgan fingerprint density at radius 2 is 2.29 bits per heavy atom. The summed E-state index contributed by atoms with van der Waals surface area (Å²) in [4.78, 5) is 12.0. The molecule has 0 aliphatic carbocycles. The van der Waals surface area contributed by atoms with E-state index in [4.69, 9.17) is 4.74 Å². The maximum absolute atomic E-state index is 12.0. The number of amides is 1. The first kappa shape index (κ1) is 13.7. The van der Waals surface area contributed by atoms with Crippen molar-refractivity contribution in [3.8, 4) is 0 Å². The first-order valence-corrected chi connectivity index (χ1v) is 5.94. The Morgan fingerprint density at radius 3 is 2.76 bits per heavy atom. The lowest BCUT2D eigenvalue weighted by Gasteiger charge is -2.21. The third-order valence-corrected chi connectivity index (χ3v) is 2.70. The van der Waals surface area contributed by atoms with Crippen LogP contribution < -0.4 is 5.32 Å². The van der Waals surface area contributed by atoms with Crippen molar-refractivity contribution in [1.82, 2.24) is 15.5 Å². The Labute approximate surface area is 102 Å². The highest BCUT2D eigenvalue weighted by atomic mass is 16.5. The van der Waals surface area contributed by atoms with E-state index in [0.29, 0.717) is 24.7 Å². The van der Waals surface area contributed by atoms with Crippen molar-refractivity contribution >= 4 is 5.91 Å². The fourth-order valence-electron chi connectivity index (χ4n) is 1.47. The van der Waals surface area contributed by atoms with Gasteiger partial charge in [-0.15, -0.1) is 0 Å². The molecular formula is C12H21N3O2. The average Bonchev–Trinajstić information content (AvgIpc) is 2.70. The molecule has 0 aliphatic heterocycles. The van der Waals surface area contributed by atoms with Gasteiger partial charge in [-0.05, 0) is 19.8 Å². The van der Waals surface area contributed by atoms with Crippen molar-refractivity contribution < 1.29 is 9.53 Å². The van der Waals surface area contributed by atoms with E-state index in [2.05, 4.69) is 29.4 Å². The highest BCUT2D eigenvalue weighted by Crippen LogP contribution is 2.07. The van der Waals surface area contributed by atoms with Crippen LogP contribution in [0.3, 0.4) is 0 Å². The monoisotopic (exact) mass is 239 g/mol. The van der Waals surface area contributed by atoms with Crippen molar-refractivity contribution in [3.63, 3.8) is 0 Å². The molecule has 0 aromatic carbocycles. The van der Waals surface area contributed by atoms with Crippen molar-refractivity contribution in [2.45, 2.75) is 33.7 Å². The van der Waals surface area contributed by atoms with Gasteiger partial charge in [-0.3, -0.25) is 9.89 Å². The van der Waals surface area contributed by atoms with E-state index in [0.717, 1.165) is 5.69 Å². The smallest absolute Gasteiger partial charge is 0.255 e. The van der Waals surface area contributed by atoms with Gasteiger partial charge in [0.05, 0.1) is 24.4 Å². The summed E-state index contributed by atoms with van der Waals surface area (Å²) in [5.41, 5.74) is 1.37. The molecule has 1 aromatic rings. The lowest BCUT2D eigenvalue weighted by Crippen LogP contribution is -2.42. The summed E-state index contributed by atoms with van der Waals surface area (Å²) in [7, 11) is 0. The van der Waals surface area contributed by atoms with Crippen molar-refractivity contribution in [2.24, 2.45) is 5.92 Å². The van der Waals surface area contributed by atoms with Crippen LogP contribution in [0.25, 0.3) is 0 Å². The minimum absolute atomic E-state index is 0.0248. The SMILES string of the molecule is CCOCC(NC(=O)c1cn[nH]c1C)C(C)C. The second kappa shape index (κ2) is 6.39. The quantitative estimate of drug-likeness (QED) is 0.790. The van der Waals surface area contributed by atoms with Crippen LogP contribution in [0.2, 0.25) is 0 Å². The molecule has 0 aliphatic rings. The highest BCUT2D eigenvalue weighted by molar-refractivity contribution is 5.95. The maximum Gasteiger partial charge on any atom is 0.255 e. The molecule has 2 N–H and O–H groups in total. The number of nitrogens with one attached hydrogen (secondary N) is 2. The molecule has 1 heterocycles. The second-order valence-corrected chi connectivity index (χ2v) is 4.39. The zero-order valence-corrected chi connectivity index (χ0v) is 10.9. The molecule has 0 radical (unpaired) electrons. The van der Waals surface area contributed by atoms with Crippen LogP contribution in [0.15, 0.2) is 6.20 Å². The van der Waals surface area contributed by atoms with Gasteiger partial charge in [-0.1, -0.05) is 13.8 Å². The number of aromatic amines is 1.